The fraction of sp³-hybridized carbons (Fsp3) is 0.464. The lowest BCUT2D eigenvalue weighted by Gasteiger charge is -2.42. The Hall–Kier alpha value is -2.39. The van der Waals surface area contributed by atoms with Crippen molar-refractivity contribution in [3.05, 3.63) is 76.3 Å². The molecule has 2 N–H and O–H groups in total. The zero-order valence-corrected chi connectivity index (χ0v) is 20.0. The van der Waals surface area contributed by atoms with Gasteiger partial charge >= 0.3 is 0 Å². The van der Waals surface area contributed by atoms with E-state index in [1.807, 2.05) is 19.1 Å². The Bertz CT molecular complexity index is 1010. The van der Waals surface area contributed by atoms with Crippen LogP contribution in [0, 0.1) is 6.92 Å². The molecule has 0 saturated carbocycles. The van der Waals surface area contributed by atoms with Crippen LogP contribution in [0.25, 0.3) is 11.1 Å². The Labute approximate surface area is 187 Å². The molecule has 0 radical (unpaired) electrons. The molecule has 1 aliphatic carbocycles. The molecule has 166 valence electrons. The van der Waals surface area contributed by atoms with Crippen LogP contribution in [0.5, 0.6) is 0 Å². The molecule has 1 aromatic heterocycles. The Morgan fingerprint density at radius 3 is 2.23 bits per heavy atom. The van der Waals surface area contributed by atoms with Gasteiger partial charge in [-0.3, -0.25) is 4.98 Å². The lowest BCUT2D eigenvalue weighted by Crippen LogP contribution is -2.34. The quantitative estimate of drug-likeness (QED) is 0.503. The number of benzene rings is 1. The monoisotopic (exact) mass is 419 g/mol. The maximum Gasteiger partial charge on any atom is 0.0959 e. The third-order valence-corrected chi connectivity index (χ3v) is 7.03. The molecule has 1 heterocycles. The molecule has 3 nitrogen and oxygen atoms in total. The molecule has 31 heavy (non-hydrogen) atoms. The first-order valence-electron chi connectivity index (χ1n) is 11.3. The third kappa shape index (κ3) is 4.62. The SMILES string of the molecule is C=C(c1ccc(/C(C)=C(\O)CCCO)cn1)c1cc2c(cc1C)C(C)(C)CCC2(C)C. The van der Waals surface area contributed by atoms with Crippen molar-refractivity contribution in [1.29, 1.82) is 0 Å². The third-order valence-electron chi connectivity index (χ3n) is 7.03. The summed E-state index contributed by atoms with van der Waals surface area (Å²) < 4.78 is 0. The van der Waals surface area contributed by atoms with Crippen LogP contribution in [0.15, 0.2) is 42.8 Å². The van der Waals surface area contributed by atoms with E-state index in [0.717, 1.165) is 28.0 Å². The fourth-order valence-corrected chi connectivity index (χ4v) is 4.58. The fourth-order valence-electron chi connectivity index (χ4n) is 4.58. The van der Waals surface area contributed by atoms with Crippen LogP contribution in [-0.4, -0.2) is 21.8 Å². The number of fused-ring (bicyclic) bond motifs is 1. The van der Waals surface area contributed by atoms with Gasteiger partial charge in [-0.2, -0.15) is 0 Å². The summed E-state index contributed by atoms with van der Waals surface area (Å²) in [5.41, 5.74) is 9.08. The largest absolute Gasteiger partial charge is 0.512 e. The number of hydrogen-bond donors (Lipinski definition) is 2. The smallest absolute Gasteiger partial charge is 0.0959 e. The second-order valence-corrected chi connectivity index (χ2v) is 10.3. The van der Waals surface area contributed by atoms with Gasteiger partial charge in [-0.15, -0.1) is 0 Å². The average Bonchev–Trinajstić information content (AvgIpc) is 2.74. The molecule has 1 aromatic carbocycles. The average molecular weight is 420 g/mol. The summed E-state index contributed by atoms with van der Waals surface area (Å²) in [7, 11) is 0. The van der Waals surface area contributed by atoms with Crippen molar-refractivity contribution < 1.29 is 10.2 Å². The molecule has 0 spiro atoms. The van der Waals surface area contributed by atoms with E-state index in [1.165, 1.54) is 29.5 Å². The van der Waals surface area contributed by atoms with Crippen molar-refractivity contribution in [1.82, 2.24) is 4.98 Å². The van der Waals surface area contributed by atoms with E-state index in [9.17, 15) is 5.11 Å². The highest BCUT2D eigenvalue weighted by atomic mass is 16.3. The molecule has 0 fully saturated rings. The summed E-state index contributed by atoms with van der Waals surface area (Å²) in [6.45, 7) is 17.9. The Morgan fingerprint density at radius 2 is 1.68 bits per heavy atom. The van der Waals surface area contributed by atoms with Gasteiger partial charge in [0.1, 0.15) is 0 Å². The van der Waals surface area contributed by atoms with E-state index in [4.69, 9.17) is 5.11 Å². The van der Waals surface area contributed by atoms with Crippen molar-refractivity contribution in [3.8, 4) is 0 Å². The van der Waals surface area contributed by atoms with Gasteiger partial charge < -0.3 is 10.2 Å². The van der Waals surface area contributed by atoms with Gasteiger partial charge in [-0.1, -0.05) is 46.4 Å². The molecule has 0 atom stereocenters. The second kappa shape index (κ2) is 8.63. The first kappa shape index (κ1) is 23.3. The number of allylic oxidation sites excluding steroid dienone is 2. The molecule has 3 rings (SSSR count). The Morgan fingerprint density at radius 1 is 1.06 bits per heavy atom. The van der Waals surface area contributed by atoms with Crippen LogP contribution in [0.3, 0.4) is 0 Å². The lowest BCUT2D eigenvalue weighted by molar-refractivity contribution is 0.276. The summed E-state index contributed by atoms with van der Waals surface area (Å²) >= 11 is 0. The molecule has 0 unspecified atom stereocenters. The van der Waals surface area contributed by atoms with E-state index >= 15 is 0 Å². The van der Waals surface area contributed by atoms with Crippen molar-refractivity contribution in [3.63, 3.8) is 0 Å². The minimum absolute atomic E-state index is 0.0719. The van der Waals surface area contributed by atoms with Crippen LogP contribution in [-0.2, 0) is 10.8 Å². The van der Waals surface area contributed by atoms with Gasteiger partial charge in [0.2, 0.25) is 0 Å². The molecule has 2 aromatic rings. The van der Waals surface area contributed by atoms with Crippen molar-refractivity contribution in [2.75, 3.05) is 6.61 Å². The molecule has 1 aliphatic rings. The number of rotatable bonds is 6. The number of aromatic nitrogens is 1. The molecule has 0 bridgehead atoms. The minimum atomic E-state index is 0.0719. The van der Waals surface area contributed by atoms with Gasteiger partial charge in [0.05, 0.1) is 11.5 Å². The van der Waals surface area contributed by atoms with E-state index in [2.05, 4.69) is 58.3 Å². The normalized spacial score (nSPS) is 17.6. The first-order valence-corrected chi connectivity index (χ1v) is 11.3. The molecule has 3 heteroatoms. The predicted octanol–water partition coefficient (Wildman–Crippen LogP) is 6.86. The summed E-state index contributed by atoms with van der Waals surface area (Å²) in [6, 6.07) is 8.67. The van der Waals surface area contributed by atoms with Crippen LogP contribution in [0.2, 0.25) is 0 Å². The number of aryl methyl sites for hydroxylation is 1. The van der Waals surface area contributed by atoms with Crippen molar-refractivity contribution in [2.45, 2.75) is 78.1 Å². The standard InChI is InChI=1S/C28H37NO2/c1-18-15-23-24(28(6,7)13-12-27(23,4)5)16-22(18)20(3)25-11-10-21(17-29-25)19(2)26(31)9-8-14-30/h10-11,15-17,30-31H,3,8-9,12-14H2,1-2,4-7H3/b26-19-. The van der Waals surface area contributed by atoms with Crippen LogP contribution in [0.4, 0.5) is 0 Å². The van der Waals surface area contributed by atoms with E-state index in [-0.39, 0.29) is 17.4 Å². The predicted molar refractivity (Wildman–Crippen MR) is 130 cm³/mol. The highest BCUT2D eigenvalue weighted by molar-refractivity contribution is 5.79. The summed E-state index contributed by atoms with van der Waals surface area (Å²) in [5, 5.41) is 19.2. The maximum absolute atomic E-state index is 10.2. The highest BCUT2D eigenvalue weighted by Gasteiger charge is 2.37. The summed E-state index contributed by atoms with van der Waals surface area (Å²) in [4.78, 5) is 4.66. The zero-order chi connectivity index (χ0) is 23.0. The second-order valence-electron chi connectivity index (χ2n) is 10.3. The highest BCUT2D eigenvalue weighted by Crippen LogP contribution is 2.47. The van der Waals surface area contributed by atoms with E-state index < -0.39 is 0 Å². The lowest BCUT2D eigenvalue weighted by atomic mass is 9.62. The molecule has 0 amide bonds. The van der Waals surface area contributed by atoms with Crippen LogP contribution in [0.1, 0.15) is 93.8 Å². The topological polar surface area (TPSA) is 53.4 Å². The maximum atomic E-state index is 10.2. The van der Waals surface area contributed by atoms with Gasteiger partial charge in [0.15, 0.2) is 0 Å². The summed E-state index contributed by atoms with van der Waals surface area (Å²) in [5.74, 6) is 0.304. The zero-order valence-electron chi connectivity index (χ0n) is 20.0. The number of hydrogen-bond acceptors (Lipinski definition) is 3. The first-order chi connectivity index (χ1) is 14.5. The summed E-state index contributed by atoms with van der Waals surface area (Å²) in [6.07, 6.45) is 5.20. The molecular weight excluding hydrogens is 382 g/mol. The molecule has 0 aliphatic heterocycles. The van der Waals surface area contributed by atoms with Crippen molar-refractivity contribution >= 4 is 11.1 Å². The van der Waals surface area contributed by atoms with Gasteiger partial charge in [0, 0.05) is 24.8 Å². The van der Waals surface area contributed by atoms with Gasteiger partial charge in [0.25, 0.3) is 0 Å². The van der Waals surface area contributed by atoms with Crippen molar-refractivity contribution in [2.24, 2.45) is 0 Å². The van der Waals surface area contributed by atoms with Gasteiger partial charge in [-0.05, 0) is 89.5 Å². The minimum Gasteiger partial charge on any atom is -0.512 e. The van der Waals surface area contributed by atoms with Crippen LogP contribution >= 0.6 is 0 Å². The number of aliphatic hydroxyl groups excluding tert-OH is 2. The van der Waals surface area contributed by atoms with Gasteiger partial charge in [-0.25, -0.2) is 0 Å². The Balaban J connectivity index is 1.95. The molecular formula is C28H37NO2. The van der Waals surface area contributed by atoms with Crippen LogP contribution < -0.4 is 0 Å². The Kier molecular flexibility index (Phi) is 6.48. The van der Waals surface area contributed by atoms with E-state index in [0.29, 0.717) is 18.6 Å². The number of pyridine rings is 1. The number of aliphatic hydroxyl groups is 2. The van der Waals surface area contributed by atoms with E-state index in [1.54, 1.807) is 6.20 Å². The molecule has 0 saturated heterocycles. The number of nitrogens with zero attached hydrogens (tertiary/aromatic N) is 1.